The first-order chi connectivity index (χ1) is 8.52. The van der Waals surface area contributed by atoms with E-state index in [4.69, 9.17) is 4.74 Å². The molecule has 0 aromatic carbocycles. The molecular weight excluding hydrogens is 248 g/mol. The Morgan fingerprint density at radius 1 is 1.39 bits per heavy atom. The SMILES string of the molecule is COCc1nc(-c2ccccn2)sc1C(C)(C)O. The number of ether oxygens (including phenoxy) is 1. The smallest absolute Gasteiger partial charge is 0.142 e. The normalized spacial score (nSPS) is 11.8. The molecule has 0 spiro atoms. The molecule has 0 fully saturated rings. The number of nitrogens with zero attached hydrogens (tertiary/aromatic N) is 2. The van der Waals surface area contributed by atoms with Crippen LogP contribution in [0.5, 0.6) is 0 Å². The van der Waals surface area contributed by atoms with Gasteiger partial charge in [-0.2, -0.15) is 0 Å². The summed E-state index contributed by atoms with van der Waals surface area (Å²) in [6, 6.07) is 5.69. The number of hydrogen-bond donors (Lipinski definition) is 1. The van der Waals surface area contributed by atoms with Crippen LogP contribution in [-0.2, 0) is 16.9 Å². The minimum Gasteiger partial charge on any atom is -0.385 e. The average Bonchev–Trinajstić information content (AvgIpc) is 2.75. The van der Waals surface area contributed by atoms with Crippen molar-refractivity contribution < 1.29 is 9.84 Å². The first kappa shape index (κ1) is 13.1. The molecule has 0 unspecified atom stereocenters. The van der Waals surface area contributed by atoms with Crippen molar-refractivity contribution in [3.63, 3.8) is 0 Å². The Morgan fingerprint density at radius 3 is 2.72 bits per heavy atom. The van der Waals surface area contributed by atoms with E-state index in [1.54, 1.807) is 27.2 Å². The van der Waals surface area contributed by atoms with Gasteiger partial charge in [-0.15, -0.1) is 11.3 Å². The van der Waals surface area contributed by atoms with Crippen LogP contribution >= 0.6 is 11.3 Å². The molecule has 0 saturated carbocycles. The second kappa shape index (κ2) is 5.14. The highest BCUT2D eigenvalue weighted by molar-refractivity contribution is 7.15. The second-order valence-corrected chi connectivity index (χ2v) is 5.50. The molecule has 2 rings (SSSR count). The first-order valence-electron chi connectivity index (χ1n) is 5.65. The van der Waals surface area contributed by atoms with Gasteiger partial charge in [-0.05, 0) is 26.0 Å². The third-order valence-corrected chi connectivity index (χ3v) is 3.85. The van der Waals surface area contributed by atoms with Crippen molar-refractivity contribution in [2.75, 3.05) is 7.11 Å². The largest absolute Gasteiger partial charge is 0.385 e. The molecule has 2 aromatic heterocycles. The topological polar surface area (TPSA) is 55.2 Å². The molecule has 4 nitrogen and oxygen atoms in total. The van der Waals surface area contributed by atoms with Crippen LogP contribution in [0.3, 0.4) is 0 Å². The lowest BCUT2D eigenvalue weighted by atomic mass is 10.1. The highest BCUT2D eigenvalue weighted by atomic mass is 32.1. The number of hydrogen-bond acceptors (Lipinski definition) is 5. The van der Waals surface area contributed by atoms with E-state index in [1.165, 1.54) is 11.3 Å². The molecule has 0 atom stereocenters. The van der Waals surface area contributed by atoms with Crippen molar-refractivity contribution in [2.24, 2.45) is 0 Å². The van der Waals surface area contributed by atoms with Crippen LogP contribution in [0.15, 0.2) is 24.4 Å². The van der Waals surface area contributed by atoms with E-state index in [0.717, 1.165) is 21.3 Å². The molecule has 0 radical (unpaired) electrons. The number of rotatable bonds is 4. The van der Waals surface area contributed by atoms with Crippen molar-refractivity contribution in [3.05, 3.63) is 35.0 Å². The number of thiazole rings is 1. The van der Waals surface area contributed by atoms with Gasteiger partial charge in [0.1, 0.15) is 5.01 Å². The molecule has 0 aliphatic carbocycles. The van der Waals surface area contributed by atoms with Crippen LogP contribution in [0.1, 0.15) is 24.4 Å². The predicted octanol–water partition coefficient (Wildman–Crippen LogP) is 2.58. The van der Waals surface area contributed by atoms with Gasteiger partial charge in [0.25, 0.3) is 0 Å². The molecule has 0 aliphatic heterocycles. The molecule has 0 aliphatic rings. The van der Waals surface area contributed by atoms with Gasteiger partial charge in [-0.1, -0.05) is 6.07 Å². The fourth-order valence-corrected chi connectivity index (χ4v) is 2.71. The van der Waals surface area contributed by atoms with Crippen LogP contribution < -0.4 is 0 Å². The van der Waals surface area contributed by atoms with Crippen molar-refractivity contribution in [3.8, 4) is 10.7 Å². The Balaban J connectivity index is 2.46. The second-order valence-electron chi connectivity index (χ2n) is 4.50. The fourth-order valence-electron chi connectivity index (χ4n) is 1.66. The summed E-state index contributed by atoms with van der Waals surface area (Å²) in [5.74, 6) is 0. The summed E-state index contributed by atoms with van der Waals surface area (Å²) in [7, 11) is 1.62. The quantitative estimate of drug-likeness (QED) is 0.922. The van der Waals surface area contributed by atoms with Crippen molar-refractivity contribution in [1.29, 1.82) is 0 Å². The zero-order valence-electron chi connectivity index (χ0n) is 10.7. The molecule has 2 aromatic rings. The lowest BCUT2D eigenvalue weighted by molar-refractivity contribution is 0.0782. The highest BCUT2D eigenvalue weighted by Crippen LogP contribution is 2.34. The summed E-state index contributed by atoms with van der Waals surface area (Å²) in [4.78, 5) is 9.60. The Kier molecular flexibility index (Phi) is 3.75. The Labute approximate surface area is 110 Å². The predicted molar refractivity (Wildman–Crippen MR) is 71.3 cm³/mol. The molecule has 0 bridgehead atoms. The van der Waals surface area contributed by atoms with Crippen LogP contribution in [0.25, 0.3) is 10.7 Å². The van der Waals surface area contributed by atoms with Gasteiger partial charge in [0.15, 0.2) is 0 Å². The summed E-state index contributed by atoms with van der Waals surface area (Å²) in [6.45, 7) is 3.90. The number of methoxy groups -OCH3 is 1. The van der Waals surface area contributed by atoms with E-state index >= 15 is 0 Å². The molecule has 18 heavy (non-hydrogen) atoms. The van der Waals surface area contributed by atoms with Crippen molar-refractivity contribution in [2.45, 2.75) is 26.1 Å². The Bertz CT molecular complexity index is 518. The monoisotopic (exact) mass is 264 g/mol. The van der Waals surface area contributed by atoms with Gasteiger partial charge in [-0.3, -0.25) is 4.98 Å². The number of pyridine rings is 1. The lowest BCUT2D eigenvalue weighted by Crippen LogP contribution is -2.16. The maximum absolute atomic E-state index is 10.2. The van der Waals surface area contributed by atoms with E-state index < -0.39 is 5.60 Å². The van der Waals surface area contributed by atoms with Crippen LogP contribution in [0.2, 0.25) is 0 Å². The van der Waals surface area contributed by atoms with Crippen molar-refractivity contribution in [1.82, 2.24) is 9.97 Å². The molecule has 0 saturated heterocycles. The van der Waals surface area contributed by atoms with Gasteiger partial charge in [0.2, 0.25) is 0 Å². The summed E-state index contributed by atoms with van der Waals surface area (Å²) >= 11 is 1.46. The van der Waals surface area contributed by atoms with Gasteiger partial charge in [0, 0.05) is 13.3 Å². The van der Waals surface area contributed by atoms with E-state index in [-0.39, 0.29) is 0 Å². The maximum Gasteiger partial charge on any atom is 0.142 e. The van der Waals surface area contributed by atoms with E-state index in [0.29, 0.717) is 6.61 Å². The number of aromatic nitrogens is 2. The minimum absolute atomic E-state index is 0.392. The lowest BCUT2D eigenvalue weighted by Gasteiger charge is -2.16. The minimum atomic E-state index is -0.918. The van der Waals surface area contributed by atoms with Gasteiger partial charge >= 0.3 is 0 Å². The van der Waals surface area contributed by atoms with Gasteiger partial charge < -0.3 is 9.84 Å². The summed E-state index contributed by atoms with van der Waals surface area (Å²) in [5, 5.41) is 11.0. The van der Waals surface area contributed by atoms with Crippen LogP contribution in [-0.4, -0.2) is 22.2 Å². The number of aliphatic hydroxyl groups is 1. The van der Waals surface area contributed by atoms with Crippen LogP contribution in [0.4, 0.5) is 0 Å². The van der Waals surface area contributed by atoms with Gasteiger partial charge in [-0.25, -0.2) is 4.98 Å². The highest BCUT2D eigenvalue weighted by Gasteiger charge is 2.25. The molecule has 1 N–H and O–H groups in total. The zero-order chi connectivity index (χ0) is 13.2. The van der Waals surface area contributed by atoms with E-state index in [1.807, 2.05) is 18.2 Å². The fraction of sp³-hybridized carbons (Fsp3) is 0.385. The van der Waals surface area contributed by atoms with Crippen molar-refractivity contribution >= 4 is 11.3 Å². The molecule has 96 valence electrons. The standard InChI is InChI=1S/C13H16N2O2S/c1-13(2,16)11-10(8-17-3)15-12(18-11)9-6-4-5-7-14-9/h4-7,16H,8H2,1-3H3. The summed E-state index contributed by atoms with van der Waals surface area (Å²) in [6.07, 6.45) is 1.73. The summed E-state index contributed by atoms with van der Waals surface area (Å²) < 4.78 is 5.13. The van der Waals surface area contributed by atoms with E-state index in [9.17, 15) is 5.11 Å². The van der Waals surface area contributed by atoms with Gasteiger partial charge in [0.05, 0.1) is 28.5 Å². The third kappa shape index (κ3) is 2.75. The maximum atomic E-state index is 10.2. The summed E-state index contributed by atoms with van der Waals surface area (Å²) in [5.41, 5.74) is 0.671. The average molecular weight is 264 g/mol. The zero-order valence-corrected chi connectivity index (χ0v) is 11.5. The first-order valence-corrected chi connectivity index (χ1v) is 6.47. The van der Waals surface area contributed by atoms with Crippen LogP contribution in [0, 0.1) is 0 Å². The molecule has 2 heterocycles. The molecule has 5 heteroatoms. The Hall–Kier alpha value is -1.30. The third-order valence-electron chi connectivity index (χ3n) is 2.42. The Morgan fingerprint density at radius 2 is 2.17 bits per heavy atom. The molecular formula is C13H16N2O2S. The molecule has 0 amide bonds. The van der Waals surface area contributed by atoms with E-state index in [2.05, 4.69) is 9.97 Å².